The van der Waals surface area contributed by atoms with Crippen LogP contribution in [0.25, 0.3) is 86.3 Å². The molecule has 22 rings (SSSR count). The molecule has 4 aliphatic heterocycles. The van der Waals surface area contributed by atoms with Gasteiger partial charge in [0.1, 0.15) is 22.3 Å². The van der Waals surface area contributed by atoms with E-state index in [-0.39, 0.29) is 18.8 Å². The number of thiophene rings is 1. The maximum atomic E-state index is 7.05. The molecule has 446 valence electrons. The van der Waals surface area contributed by atoms with E-state index in [1.54, 1.807) is 0 Å². The van der Waals surface area contributed by atoms with Crippen molar-refractivity contribution in [2.45, 2.75) is 19.3 Å². The number of benzene rings is 14. The van der Waals surface area contributed by atoms with Gasteiger partial charge in [-0.2, -0.15) is 0 Å². The number of hydrogen-bond acceptors (Lipinski definition) is 7. The van der Waals surface area contributed by atoms with E-state index in [2.05, 4.69) is 319 Å². The standard InChI is InChI=1S/C87H54B2N4O2S/c1-87(2)63-24-6-3-20-55(63)62-46-52(47-77(83(62)87)93-71-32-14-10-28-67(71)89-65-26-8-12-30-69(65)90(73-34-19-36-75(93)85(73)89)53-41-44-79-60(49-53)56-21-4-15-38-78(56)94-79)51-40-43-57-61-50-54(42-45-80(61)95-81(57)48-51)91-68-29-11-7-25-64(68)88-66-27-9-13-31-70(66)92(74-35-18-33-72(91)84(74)88)76-37-17-23-59-58-22-5-16-39-82(58)96-86(59)76/h3-50H,1-2H3. The second-order valence-electron chi connectivity index (χ2n) is 27.0. The predicted octanol–water partition coefficient (Wildman–Crippen LogP) is 20.0. The van der Waals surface area contributed by atoms with Crippen LogP contribution in [0.4, 0.5) is 68.2 Å². The first-order valence-electron chi connectivity index (χ1n) is 33.3. The third kappa shape index (κ3) is 7.01. The molecule has 14 aromatic carbocycles. The molecule has 0 N–H and O–H groups in total. The molecule has 0 saturated carbocycles. The molecule has 0 unspecified atom stereocenters. The van der Waals surface area contributed by atoms with Gasteiger partial charge in [0.25, 0.3) is 13.4 Å². The molecule has 96 heavy (non-hydrogen) atoms. The van der Waals surface area contributed by atoms with Crippen LogP contribution in [0.2, 0.25) is 0 Å². The molecule has 0 fully saturated rings. The molecule has 0 amide bonds. The Hall–Kier alpha value is -11.8. The van der Waals surface area contributed by atoms with E-state index >= 15 is 0 Å². The molecule has 0 saturated heterocycles. The Kier molecular flexibility index (Phi) is 10.5. The van der Waals surface area contributed by atoms with Crippen LogP contribution in [0.5, 0.6) is 0 Å². The van der Waals surface area contributed by atoms with Gasteiger partial charge in [-0.25, -0.2) is 0 Å². The van der Waals surface area contributed by atoms with E-state index in [0.717, 1.165) is 66.4 Å². The molecule has 6 nitrogen and oxygen atoms in total. The van der Waals surface area contributed by atoms with Crippen LogP contribution in [-0.4, -0.2) is 13.4 Å². The molecular weight excluding hydrogens is 1190 g/mol. The topological polar surface area (TPSA) is 39.2 Å². The van der Waals surface area contributed by atoms with Crippen LogP contribution in [0.3, 0.4) is 0 Å². The van der Waals surface area contributed by atoms with E-state index in [4.69, 9.17) is 8.83 Å². The second-order valence-corrected chi connectivity index (χ2v) is 28.0. The van der Waals surface area contributed by atoms with Gasteiger partial charge < -0.3 is 28.4 Å². The van der Waals surface area contributed by atoms with Crippen molar-refractivity contribution < 1.29 is 8.83 Å². The quantitative estimate of drug-likeness (QED) is 0.160. The number of fused-ring (bicyclic) bond motifs is 20. The largest absolute Gasteiger partial charge is 0.456 e. The summed E-state index contributed by atoms with van der Waals surface area (Å²) in [5, 5.41) is 6.96. The summed E-state index contributed by atoms with van der Waals surface area (Å²) >= 11 is 1.88. The van der Waals surface area contributed by atoms with Crippen molar-refractivity contribution >= 4 is 190 Å². The summed E-state index contributed by atoms with van der Waals surface area (Å²) < 4.78 is 16.1. The summed E-state index contributed by atoms with van der Waals surface area (Å²) in [6, 6.07) is 109. The number of rotatable bonds is 5. The van der Waals surface area contributed by atoms with Crippen LogP contribution in [-0.2, 0) is 5.41 Å². The minimum absolute atomic E-state index is 0.00608. The third-order valence-electron chi connectivity index (χ3n) is 21.8. The van der Waals surface area contributed by atoms with Crippen LogP contribution in [0, 0.1) is 0 Å². The number of furan rings is 2. The van der Waals surface area contributed by atoms with Gasteiger partial charge in [-0.05, 0) is 194 Å². The van der Waals surface area contributed by atoms with Gasteiger partial charge in [0.15, 0.2) is 0 Å². The molecule has 0 bridgehead atoms. The van der Waals surface area contributed by atoms with Gasteiger partial charge in [-0.1, -0.05) is 178 Å². The Labute approximate surface area is 558 Å². The zero-order valence-corrected chi connectivity index (χ0v) is 53.2. The zero-order chi connectivity index (χ0) is 62.8. The Morgan fingerprint density at radius 1 is 0.302 bits per heavy atom. The van der Waals surface area contributed by atoms with E-state index in [0.29, 0.717) is 0 Å². The highest BCUT2D eigenvalue weighted by molar-refractivity contribution is 7.26. The normalized spacial score (nSPS) is 14.3. The summed E-state index contributed by atoms with van der Waals surface area (Å²) in [6.45, 7) is 4.86. The highest BCUT2D eigenvalue weighted by Crippen LogP contribution is 2.57. The lowest BCUT2D eigenvalue weighted by Gasteiger charge is -2.45. The molecular formula is C87H54B2N4O2S. The lowest BCUT2D eigenvalue weighted by Crippen LogP contribution is -2.61. The molecule has 1 aliphatic carbocycles. The van der Waals surface area contributed by atoms with E-state index in [1.165, 1.54) is 132 Å². The predicted molar refractivity (Wildman–Crippen MR) is 405 cm³/mol. The third-order valence-corrected chi connectivity index (χ3v) is 23.0. The average Bonchev–Trinajstić information content (AvgIpc) is 0.911. The molecule has 5 aliphatic rings. The van der Waals surface area contributed by atoms with Gasteiger partial charge in [0.2, 0.25) is 0 Å². The van der Waals surface area contributed by atoms with Crippen LogP contribution in [0.1, 0.15) is 25.0 Å². The van der Waals surface area contributed by atoms with Crippen molar-refractivity contribution in [1.29, 1.82) is 0 Å². The minimum atomic E-state index is -0.324. The molecule has 0 atom stereocenters. The zero-order valence-electron chi connectivity index (χ0n) is 52.4. The molecule has 0 radical (unpaired) electrons. The first kappa shape index (κ1) is 52.7. The first-order chi connectivity index (χ1) is 47.4. The van der Waals surface area contributed by atoms with Gasteiger partial charge >= 0.3 is 0 Å². The van der Waals surface area contributed by atoms with Crippen molar-refractivity contribution in [2.75, 3.05) is 19.6 Å². The van der Waals surface area contributed by atoms with Gasteiger partial charge in [-0.3, -0.25) is 0 Å². The monoisotopic (exact) mass is 1240 g/mol. The van der Waals surface area contributed by atoms with Crippen LogP contribution in [0.15, 0.2) is 300 Å². The Morgan fingerprint density at radius 3 is 1.40 bits per heavy atom. The first-order valence-corrected chi connectivity index (χ1v) is 34.1. The minimum Gasteiger partial charge on any atom is -0.456 e. The summed E-state index contributed by atoms with van der Waals surface area (Å²) in [7, 11) is 0. The van der Waals surface area contributed by atoms with Crippen molar-refractivity contribution in [3.05, 3.63) is 302 Å². The average molecular weight is 1240 g/mol. The highest BCUT2D eigenvalue weighted by atomic mass is 32.1. The number of anilines is 12. The molecule has 0 spiro atoms. The fourth-order valence-electron chi connectivity index (χ4n) is 17.8. The fourth-order valence-corrected chi connectivity index (χ4v) is 19.0. The maximum Gasteiger partial charge on any atom is 0.252 e. The lowest BCUT2D eigenvalue weighted by atomic mass is 9.33. The Bertz CT molecular complexity index is 6300. The van der Waals surface area contributed by atoms with Crippen molar-refractivity contribution in [1.82, 2.24) is 0 Å². The molecule has 9 heteroatoms. The van der Waals surface area contributed by atoms with Crippen LogP contribution >= 0.6 is 11.3 Å². The van der Waals surface area contributed by atoms with Crippen molar-refractivity contribution in [2.24, 2.45) is 0 Å². The van der Waals surface area contributed by atoms with E-state index in [9.17, 15) is 0 Å². The molecule has 3 aromatic heterocycles. The summed E-state index contributed by atoms with van der Waals surface area (Å²) in [5.41, 5.74) is 32.3. The van der Waals surface area contributed by atoms with Crippen LogP contribution < -0.4 is 52.4 Å². The van der Waals surface area contributed by atoms with E-state index in [1.807, 2.05) is 17.4 Å². The Morgan fingerprint density at radius 2 is 0.760 bits per heavy atom. The fraction of sp³-hybridized carbons (Fsp3) is 0.0345. The molecule has 17 aromatic rings. The van der Waals surface area contributed by atoms with Gasteiger partial charge in [0, 0.05) is 99.3 Å². The second kappa shape index (κ2) is 19.2. The molecule has 7 heterocycles. The Balaban J connectivity index is 0.700. The summed E-state index contributed by atoms with van der Waals surface area (Å²) in [5.74, 6) is 0. The number of nitrogens with zero attached hydrogens (tertiary/aromatic N) is 4. The smallest absolute Gasteiger partial charge is 0.252 e. The maximum absolute atomic E-state index is 7.05. The number of para-hydroxylation sites is 5. The van der Waals surface area contributed by atoms with Crippen molar-refractivity contribution in [3.63, 3.8) is 0 Å². The van der Waals surface area contributed by atoms with Crippen molar-refractivity contribution in [3.8, 4) is 22.3 Å². The van der Waals surface area contributed by atoms with Gasteiger partial charge in [-0.15, -0.1) is 11.3 Å². The van der Waals surface area contributed by atoms with Gasteiger partial charge in [0.05, 0.1) is 16.1 Å². The SMILES string of the molecule is CC1(C)c2ccccc2-c2cc(-c3ccc4c(c3)oc3ccc(N5c6ccccc6B6c7ccccc7N(c7cccc8c7sc7ccccc78)c7cccc5c76)cc34)cc(N3c4ccccc4B4c5ccccc5N(c5ccc6oc7ccccc7c6c5)c5cccc3c54)c21. The van der Waals surface area contributed by atoms with E-state index < -0.39 is 0 Å². The lowest BCUT2D eigenvalue weighted by molar-refractivity contribution is 0.661. The summed E-state index contributed by atoms with van der Waals surface area (Å²) in [6.07, 6.45) is 0. The highest BCUT2D eigenvalue weighted by Gasteiger charge is 2.47. The summed E-state index contributed by atoms with van der Waals surface area (Å²) in [4.78, 5) is 10.1. The number of hydrogen-bond donors (Lipinski definition) is 0.